The standard InChI is InChI=1S/C6H10N2O6/c1-11-7-13-5(9)3-4-6(10)14-8-12-2/h3-4,7-8H,1-2H3/b4-3-. The molecule has 0 aromatic heterocycles. The maximum atomic E-state index is 10.7. The zero-order valence-corrected chi connectivity index (χ0v) is 7.60. The van der Waals surface area contributed by atoms with Gasteiger partial charge in [0.25, 0.3) is 0 Å². The van der Waals surface area contributed by atoms with Crippen molar-refractivity contribution in [2.45, 2.75) is 0 Å². The summed E-state index contributed by atoms with van der Waals surface area (Å²) in [6.07, 6.45) is 1.68. The first-order valence-electron chi connectivity index (χ1n) is 3.36. The number of hydrogen-bond donors (Lipinski definition) is 2. The van der Waals surface area contributed by atoms with Crippen LogP contribution in [0, 0.1) is 0 Å². The quantitative estimate of drug-likeness (QED) is 0.411. The summed E-state index contributed by atoms with van der Waals surface area (Å²) >= 11 is 0. The summed E-state index contributed by atoms with van der Waals surface area (Å²) in [6.45, 7) is 0. The second-order valence-corrected chi connectivity index (χ2v) is 1.75. The second kappa shape index (κ2) is 8.13. The zero-order valence-electron chi connectivity index (χ0n) is 7.60. The fourth-order valence-electron chi connectivity index (χ4n) is 0.370. The van der Waals surface area contributed by atoms with Crippen molar-refractivity contribution < 1.29 is 28.9 Å². The van der Waals surface area contributed by atoms with Crippen LogP contribution in [0.2, 0.25) is 0 Å². The van der Waals surface area contributed by atoms with Gasteiger partial charge in [-0.1, -0.05) is 0 Å². The summed E-state index contributed by atoms with van der Waals surface area (Å²) in [5.41, 5.74) is 3.64. The van der Waals surface area contributed by atoms with E-state index in [1.807, 2.05) is 11.3 Å². The Bertz CT molecular complexity index is 194. The molecule has 80 valence electrons. The van der Waals surface area contributed by atoms with Crippen LogP contribution in [0.25, 0.3) is 0 Å². The van der Waals surface area contributed by atoms with E-state index in [0.29, 0.717) is 0 Å². The van der Waals surface area contributed by atoms with Gasteiger partial charge < -0.3 is 9.68 Å². The van der Waals surface area contributed by atoms with Gasteiger partial charge in [0.2, 0.25) is 0 Å². The van der Waals surface area contributed by atoms with Crippen LogP contribution in [0.4, 0.5) is 0 Å². The minimum absolute atomic E-state index is 0.818. The lowest BCUT2D eigenvalue weighted by Crippen LogP contribution is -2.19. The molecule has 0 saturated heterocycles. The van der Waals surface area contributed by atoms with Crippen LogP contribution < -0.4 is 11.3 Å². The van der Waals surface area contributed by atoms with Gasteiger partial charge in [-0.05, 0) is 11.3 Å². The molecule has 0 spiro atoms. The molecule has 0 rings (SSSR count). The molecule has 0 aromatic carbocycles. The lowest BCUT2D eigenvalue weighted by Gasteiger charge is -1.99. The highest BCUT2D eigenvalue weighted by Crippen LogP contribution is 1.81. The zero-order chi connectivity index (χ0) is 10.8. The summed E-state index contributed by atoms with van der Waals surface area (Å²) in [7, 11) is 2.52. The molecule has 0 unspecified atom stereocenters. The van der Waals surface area contributed by atoms with Crippen molar-refractivity contribution in [2.24, 2.45) is 0 Å². The van der Waals surface area contributed by atoms with Gasteiger partial charge in [-0.3, -0.25) is 9.68 Å². The number of carbonyl (C=O) groups excluding carboxylic acids is 2. The third kappa shape index (κ3) is 7.18. The van der Waals surface area contributed by atoms with E-state index >= 15 is 0 Å². The summed E-state index contributed by atoms with van der Waals surface area (Å²) in [6, 6.07) is 0. The van der Waals surface area contributed by atoms with Gasteiger partial charge in [0.15, 0.2) is 0 Å². The average Bonchev–Trinajstić information content (AvgIpc) is 2.20. The topological polar surface area (TPSA) is 95.1 Å². The first-order valence-corrected chi connectivity index (χ1v) is 3.36. The summed E-state index contributed by atoms with van der Waals surface area (Å²) in [5, 5.41) is 0. The largest absolute Gasteiger partial charge is 0.352 e. The van der Waals surface area contributed by atoms with E-state index in [-0.39, 0.29) is 0 Å². The third-order valence-electron chi connectivity index (χ3n) is 0.807. The number of carbonyl (C=O) groups is 2. The lowest BCUT2D eigenvalue weighted by molar-refractivity contribution is -0.181. The molecule has 0 saturated carbocycles. The van der Waals surface area contributed by atoms with Crippen LogP contribution in [-0.4, -0.2) is 26.2 Å². The highest BCUT2D eigenvalue weighted by molar-refractivity contribution is 5.91. The highest BCUT2D eigenvalue weighted by atomic mass is 16.9. The molecule has 0 heterocycles. The van der Waals surface area contributed by atoms with Crippen molar-refractivity contribution in [2.75, 3.05) is 14.2 Å². The first kappa shape index (κ1) is 12.5. The predicted molar refractivity (Wildman–Crippen MR) is 41.6 cm³/mol. The molecular formula is C6H10N2O6. The van der Waals surface area contributed by atoms with Crippen molar-refractivity contribution >= 4 is 11.9 Å². The maximum Gasteiger partial charge on any atom is 0.352 e. The maximum absolute atomic E-state index is 10.7. The molecule has 14 heavy (non-hydrogen) atoms. The SMILES string of the molecule is CONOC(=O)/C=C\C(=O)ONOC. The molecule has 8 heteroatoms. The molecule has 0 fully saturated rings. The second-order valence-electron chi connectivity index (χ2n) is 1.75. The van der Waals surface area contributed by atoms with Crippen molar-refractivity contribution in [1.82, 2.24) is 11.3 Å². The van der Waals surface area contributed by atoms with Crippen LogP contribution >= 0.6 is 0 Å². The summed E-state index contributed by atoms with van der Waals surface area (Å²) in [5.74, 6) is -1.64. The Labute approximate surface area is 79.6 Å². The van der Waals surface area contributed by atoms with Crippen molar-refractivity contribution in [1.29, 1.82) is 0 Å². The molecule has 0 aliphatic rings. The average molecular weight is 206 g/mol. The van der Waals surface area contributed by atoms with Crippen LogP contribution in [0.3, 0.4) is 0 Å². The minimum Gasteiger partial charge on any atom is -0.341 e. The molecule has 8 nitrogen and oxygen atoms in total. The number of nitrogens with one attached hydrogen (secondary N) is 2. The van der Waals surface area contributed by atoms with E-state index in [4.69, 9.17) is 0 Å². The van der Waals surface area contributed by atoms with E-state index in [0.717, 1.165) is 12.2 Å². The summed E-state index contributed by atoms with van der Waals surface area (Å²) < 4.78 is 0. The van der Waals surface area contributed by atoms with Crippen LogP contribution in [0.15, 0.2) is 12.2 Å². The molecule has 0 radical (unpaired) electrons. The predicted octanol–water partition coefficient (Wildman–Crippen LogP) is -1.24. The molecule has 2 N–H and O–H groups in total. The fraction of sp³-hybridized carbons (Fsp3) is 0.333. The molecular weight excluding hydrogens is 196 g/mol. The van der Waals surface area contributed by atoms with Crippen LogP contribution in [0.1, 0.15) is 0 Å². The van der Waals surface area contributed by atoms with Crippen LogP contribution in [-0.2, 0) is 28.9 Å². The first-order chi connectivity index (χ1) is 6.70. The van der Waals surface area contributed by atoms with Crippen LogP contribution in [0.5, 0.6) is 0 Å². The van der Waals surface area contributed by atoms with Crippen molar-refractivity contribution in [3.63, 3.8) is 0 Å². The molecule has 0 amide bonds. The van der Waals surface area contributed by atoms with E-state index in [2.05, 4.69) is 19.4 Å². The van der Waals surface area contributed by atoms with Gasteiger partial charge in [0.05, 0.1) is 14.2 Å². The Kier molecular flexibility index (Phi) is 7.27. The molecule has 0 aliphatic heterocycles. The van der Waals surface area contributed by atoms with Gasteiger partial charge in [-0.15, -0.1) is 0 Å². The minimum atomic E-state index is -0.818. The van der Waals surface area contributed by atoms with Crippen molar-refractivity contribution in [3.8, 4) is 0 Å². The Morgan fingerprint density at radius 2 is 1.29 bits per heavy atom. The van der Waals surface area contributed by atoms with Gasteiger partial charge in [-0.25, -0.2) is 9.59 Å². The highest BCUT2D eigenvalue weighted by Gasteiger charge is 2.00. The lowest BCUT2D eigenvalue weighted by atomic mass is 10.5. The third-order valence-corrected chi connectivity index (χ3v) is 0.807. The van der Waals surface area contributed by atoms with E-state index in [9.17, 15) is 9.59 Å². The summed E-state index contributed by atoms with van der Waals surface area (Å²) in [4.78, 5) is 38.1. The fourth-order valence-corrected chi connectivity index (χ4v) is 0.370. The normalized spacial score (nSPS) is 10.1. The molecule has 0 atom stereocenters. The van der Waals surface area contributed by atoms with Gasteiger partial charge in [-0.2, -0.15) is 0 Å². The van der Waals surface area contributed by atoms with Gasteiger partial charge in [0, 0.05) is 12.2 Å². The Morgan fingerprint density at radius 1 is 0.929 bits per heavy atom. The molecule has 0 aliphatic carbocycles. The van der Waals surface area contributed by atoms with Crippen molar-refractivity contribution in [3.05, 3.63) is 12.2 Å². The van der Waals surface area contributed by atoms with E-state index < -0.39 is 11.9 Å². The monoisotopic (exact) mass is 206 g/mol. The van der Waals surface area contributed by atoms with Gasteiger partial charge in [0.1, 0.15) is 0 Å². The number of hydrogen-bond acceptors (Lipinski definition) is 8. The molecule has 0 bridgehead atoms. The Hall–Kier alpha value is -1.48. The van der Waals surface area contributed by atoms with E-state index in [1.54, 1.807) is 0 Å². The Morgan fingerprint density at radius 3 is 1.57 bits per heavy atom. The molecule has 0 aromatic rings. The van der Waals surface area contributed by atoms with Gasteiger partial charge >= 0.3 is 11.9 Å². The van der Waals surface area contributed by atoms with E-state index in [1.165, 1.54) is 14.2 Å². The Balaban J connectivity index is 3.68. The smallest absolute Gasteiger partial charge is 0.341 e. The number of rotatable bonds is 6.